The average Bonchev–Trinajstić information content (AvgIpc) is 3.21. The van der Waals surface area contributed by atoms with Crippen molar-refractivity contribution >= 4 is 17.6 Å². The first-order chi connectivity index (χ1) is 14.2. The molecule has 160 valence electrons. The van der Waals surface area contributed by atoms with Crippen molar-refractivity contribution in [2.45, 2.75) is 51.3 Å². The lowest BCUT2D eigenvalue weighted by molar-refractivity contribution is -0.192. The number of carbonyl (C=O) groups is 1. The molecule has 30 heavy (non-hydrogen) atoms. The number of hydrogen-bond donors (Lipinski definition) is 0. The summed E-state index contributed by atoms with van der Waals surface area (Å²) in [5, 5.41) is 2.41. The van der Waals surface area contributed by atoms with Crippen LogP contribution in [0.3, 0.4) is 0 Å². The molecule has 0 aliphatic carbocycles. The van der Waals surface area contributed by atoms with Gasteiger partial charge in [0.05, 0.1) is 13.1 Å². The first kappa shape index (κ1) is 21.0. The quantitative estimate of drug-likeness (QED) is 0.666. The van der Waals surface area contributed by atoms with Crippen molar-refractivity contribution in [1.82, 2.24) is 15.0 Å². The van der Waals surface area contributed by atoms with Crippen LogP contribution in [0, 0.1) is 0 Å². The smallest absolute Gasteiger partial charge is 0.364 e. The van der Waals surface area contributed by atoms with E-state index in [1.54, 1.807) is 38.1 Å². The van der Waals surface area contributed by atoms with Crippen LogP contribution in [0.25, 0.3) is 0 Å². The Labute approximate surface area is 180 Å². The Morgan fingerprint density at radius 3 is 2.47 bits per heavy atom. The third kappa shape index (κ3) is 5.26. The lowest BCUT2D eigenvalue weighted by Crippen LogP contribution is -2.35. The van der Waals surface area contributed by atoms with E-state index in [4.69, 9.17) is 30.6 Å². The van der Waals surface area contributed by atoms with Crippen molar-refractivity contribution in [2.75, 3.05) is 13.1 Å². The Morgan fingerprint density at radius 1 is 1.17 bits per heavy atom. The molecule has 2 unspecified atom stereocenters. The van der Waals surface area contributed by atoms with Gasteiger partial charge in [0.1, 0.15) is 23.6 Å². The zero-order valence-electron chi connectivity index (χ0n) is 17.1. The normalized spacial score (nSPS) is 23.9. The van der Waals surface area contributed by atoms with E-state index in [1.807, 2.05) is 24.3 Å². The van der Waals surface area contributed by atoms with Crippen molar-refractivity contribution in [3.8, 4) is 5.88 Å². The van der Waals surface area contributed by atoms with Gasteiger partial charge in [0, 0.05) is 23.7 Å². The van der Waals surface area contributed by atoms with Gasteiger partial charge in [-0.15, -0.1) is 5.06 Å². The van der Waals surface area contributed by atoms with Crippen LogP contribution >= 0.6 is 11.6 Å². The Hall–Kier alpha value is -2.26. The number of aromatic nitrogens is 2. The molecule has 1 aromatic carbocycles. The first-order valence-electron chi connectivity index (χ1n) is 9.78. The van der Waals surface area contributed by atoms with Gasteiger partial charge >= 0.3 is 5.97 Å². The lowest BCUT2D eigenvalue weighted by Gasteiger charge is -2.22. The summed E-state index contributed by atoms with van der Waals surface area (Å²) in [4.78, 5) is 26.8. The van der Waals surface area contributed by atoms with Crippen LogP contribution in [0.2, 0.25) is 5.02 Å². The minimum Gasteiger partial charge on any atom is -0.456 e. The number of hydroxylamine groups is 2. The highest BCUT2D eigenvalue weighted by Gasteiger charge is 2.47. The average molecular weight is 434 g/mol. The fourth-order valence-electron chi connectivity index (χ4n) is 3.29. The maximum atomic E-state index is 12.1. The van der Waals surface area contributed by atoms with E-state index in [0.29, 0.717) is 36.2 Å². The number of ether oxygens (including phenoxy) is 3. The fourth-order valence-corrected chi connectivity index (χ4v) is 3.42. The van der Waals surface area contributed by atoms with E-state index in [9.17, 15) is 4.79 Å². The van der Waals surface area contributed by atoms with Crippen LogP contribution < -0.4 is 4.84 Å². The molecule has 2 fully saturated rings. The molecule has 1 aromatic heterocycles. The summed E-state index contributed by atoms with van der Waals surface area (Å²) < 4.78 is 16.7. The second kappa shape index (κ2) is 8.47. The number of halogens is 1. The molecule has 3 heterocycles. The highest BCUT2D eigenvalue weighted by molar-refractivity contribution is 6.30. The van der Waals surface area contributed by atoms with Gasteiger partial charge in [0.15, 0.2) is 0 Å². The van der Waals surface area contributed by atoms with Crippen molar-refractivity contribution in [1.29, 1.82) is 0 Å². The van der Waals surface area contributed by atoms with Gasteiger partial charge in [-0.3, -0.25) is 0 Å². The number of benzene rings is 1. The number of fused-ring (bicyclic) bond motifs is 1. The van der Waals surface area contributed by atoms with Gasteiger partial charge in [0.25, 0.3) is 6.29 Å². The predicted molar refractivity (Wildman–Crippen MR) is 108 cm³/mol. The molecule has 9 heteroatoms. The molecule has 2 aromatic rings. The summed E-state index contributed by atoms with van der Waals surface area (Å²) in [5.41, 5.74) is 0.468. The van der Waals surface area contributed by atoms with Crippen LogP contribution in [0.15, 0.2) is 36.5 Å². The summed E-state index contributed by atoms with van der Waals surface area (Å²) in [6.07, 6.45) is 0.710. The highest BCUT2D eigenvalue weighted by atomic mass is 35.5. The number of carbonyl (C=O) groups excluding carboxylic acids is 1. The molecule has 2 aliphatic heterocycles. The largest absolute Gasteiger partial charge is 0.456 e. The first-order valence-corrected chi connectivity index (χ1v) is 10.2. The highest BCUT2D eigenvalue weighted by Crippen LogP contribution is 2.28. The van der Waals surface area contributed by atoms with Gasteiger partial charge in [-0.2, -0.15) is 4.98 Å². The minimum absolute atomic E-state index is 0.266. The number of nitrogens with zero attached hydrogens (tertiary/aromatic N) is 3. The SMILES string of the molecule is CC(C)(C)OC(=O)C1OC2CN(Oc3ccnc(Cc4ccc(Cl)cc4)n3)CC2O1. The van der Waals surface area contributed by atoms with E-state index >= 15 is 0 Å². The summed E-state index contributed by atoms with van der Waals surface area (Å²) >= 11 is 5.93. The van der Waals surface area contributed by atoms with Crippen LogP contribution in [0.4, 0.5) is 0 Å². The van der Waals surface area contributed by atoms with Gasteiger partial charge < -0.3 is 19.0 Å². The molecule has 2 atom stereocenters. The third-order valence-corrected chi connectivity index (χ3v) is 4.81. The number of rotatable bonds is 5. The van der Waals surface area contributed by atoms with E-state index in [1.165, 1.54) is 0 Å². The molecule has 2 saturated heterocycles. The van der Waals surface area contributed by atoms with Crippen molar-refractivity contribution < 1.29 is 23.8 Å². The Bertz CT molecular complexity index is 888. The maximum Gasteiger partial charge on any atom is 0.364 e. The summed E-state index contributed by atoms with van der Waals surface area (Å²) in [5.74, 6) is 0.580. The molecule has 0 radical (unpaired) electrons. The Kier molecular flexibility index (Phi) is 5.92. The monoisotopic (exact) mass is 433 g/mol. The molecule has 0 spiro atoms. The van der Waals surface area contributed by atoms with E-state index in [-0.39, 0.29) is 12.2 Å². The molecule has 0 saturated carbocycles. The molecule has 0 N–H and O–H groups in total. The van der Waals surface area contributed by atoms with Crippen LogP contribution in [-0.2, 0) is 25.4 Å². The molecule has 0 amide bonds. The van der Waals surface area contributed by atoms with E-state index in [0.717, 1.165) is 5.56 Å². The van der Waals surface area contributed by atoms with Gasteiger partial charge in [-0.05, 0) is 38.5 Å². The second-order valence-electron chi connectivity index (χ2n) is 8.27. The standard InChI is InChI=1S/C21H24ClN3O5/c1-21(2,3)29-19(26)20-27-15-11-25(12-16(15)28-20)30-18-8-9-23-17(24-18)10-13-4-6-14(22)7-5-13/h4-9,15-16,20H,10-12H2,1-3H3. The Balaban J connectivity index is 1.31. The predicted octanol–water partition coefficient (Wildman–Crippen LogP) is 2.78. The molecule has 0 bridgehead atoms. The molecule has 2 aliphatic rings. The van der Waals surface area contributed by atoms with Crippen LogP contribution in [0.1, 0.15) is 32.2 Å². The van der Waals surface area contributed by atoms with E-state index in [2.05, 4.69) is 9.97 Å². The second-order valence-corrected chi connectivity index (χ2v) is 8.70. The lowest BCUT2D eigenvalue weighted by atomic mass is 10.1. The zero-order valence-corrected chi connectivity index (χ0v) is 17.8. The fraction of sp³-hybridized carbons (Fsp3) is 0.476. The zero-order chi connectivity index (χ0) is 21.3. The van der Waals surface area contributed by atoms with E-state index < -0.39 is 17.9 Å². The van der Waals surface area contributed by atoms with Crippen LogP contribution in [0.5, 0.6) is 5.88 Å². The topological polar surface area (TPSA) is 83.0 Å². The summed E-state index contributed by atoms with van der Waals surface area (Å²) in [7, 11) is 0. The van der Waals surface area contributed by atoms with Crippen molar-refractivity contribution in [3.63, 3.8) is 0 Å². The maximum absolute atomic E-state index is 12.1. The number of esters is 1. The van der Waals surface area contributed by atoms with Crippen LogP contribution in [-0.4, -0.2) is 58.2 Å². The van der Waals surface area contributed by atoms with Crippen molar-refractivity contribution in [2.24, 2.45) is 0 Å². The number of hydrogen-bond acceptors (Lipinski definition) is 8. The van der Waals surface area contributed by atoms with Gasteiger partial charge in [-0.25, -0.2) is 9.78 Å². The molecular weight excluding hydrogens is 410 g/mol. The van der Waals surface area contributed by atoms with Gasteiger partial charge in [-0.1, -0.05) is 23.7 Å². The Morgan fingerprint density at radius 2 is 1.83 bits per heavy atom. The summed E-state index contributed by atoms with van der Waals surface area (Å²) in [6, 6.07) is 9.26. The molecule has 8 nitrogen and oxygen atoms in total. The van der Waals surface area contributed by atoms with Crippen molar-refractivity contribution in [3.05, 3.63) is 52.9 Å². The van der Waals surface area contributed by atoms with Gasteiger partial charge in [0.2, 0.25) is 5.88 Å². The minimum atomic E-state index is -0.994. The molecule has 4 rings (SSSR count). The third-order valence-electron chi connectivity index (χ3n) is 4.56. The molecular formula is C21H24ClN3O5. The summed E-state index contributed by atoms with van der Waals surface area (Å²) in [6.45, 7) is 6.33.